The summed E-state index contributed by atoms with van der Waals surface area (Å²) < 4.78 is 15.8. The van der Waals surface area contributed by atoms with E-state index in [1.54, 1.807) is 88.9 Å². The van der Waals surface area contributed by atoms with E-state index in [1.165, 1.54) is 32.5 Å². The Bertz CT molecular complexity index is 3440. The molecule has 0 saturated carbocycles. The SMILES string of the molecule is CN[C@@H](C)C(=O)N[C@H](C(=O)N1CCC[C@H]1C(=O)Nc1sc(-c2nccn2C)nc1-c1ccccc1)c1ccc(OCCOc2ccc([C@H](NC(=O)[C@H](C)NC)C(=O)N3CCC[C@H]3C(=O)Nc3sc(-c4nccn4C)nc3-c3ccccc3)cc2)cc1. The molecule has 2 fully saturated rings. The lowest BCUT2D eigenvalue weighted by atomic mass is 10.0. The maximum atomic E-state index is 14.7. The van der Waals surface area contributed by atoms with Gasteiger partial charge in [0.25, 0.3) is 0 Å². The summed E-state index contributed by atoms with van der Waals surface area (Å²) in [6.07, 6.45) is 9.05. The molecule has 2 aliphatic heterocycles. The van der Waals surface area contributed by atoms with Crippen LogP contribution in [0.15, 0.2) is 134 Å². The lowest BCUT2D eigenvalue weighted by Gasteiger charge is -2.29. The normalized spacial score (nSPS) is 16.2. The summed E-state index contributed by atoms with van der Waals surface area (Å²) in [5.41, 5.74) is 3.81. The minimum atomic E-state index is -1.12. The number of likely N-dealkylation sites (tertiary alicyclic amines) is 2. The highest BCUT2D eigenvalue weighted by Crippen LogP contribution is 2.40. The Morgan fingerprint density at radius 1 is 0.558 bits per heavy atom. The standard InChI is InChI=1S/C62H68N14O8S2/c1-37(63-3)53(77)67-49(61(81)75-31-13-19-45(75)55(79)71-57-47(39-15-9-7-10-16-39)69-59(85-57)51-65-29-33-73(51)5)41-21-25-43(26-22-41)83-35-36-84-44-27-23-42(24-28-44)50(68-54(78)38(2)64-4)62(82)76-32-14-20-46(76)56(80)72-58-48(40-17-11-8-12-18-40)70-60(86-58)52-66-30-34-74(52)6/h7-12,15-18,21-30,33-34,37-38,45-46,49-50,63-64H,13-14,19-20,31-32,35-36H2,1-6H3,(H,67,77)(H,68,78)(H,71,79)(H,72,80)/t37-,38-,45-,46-,49-,50-/m0/s1. The Balaban J connectivity index is 0.779. The van der Waals surface area contributed by atoms with Crippen LogP contribution in [-0.4, -0.2) is 139 Å². The number of nitrogens with zero attached hydrogens (tertiary/aromatic N) is 8. The van der Waals surface area contributed by atoms with Crippen molar-refractivity contribution in [3.8, 4) is 55.7 Å². The molecule has 0 bridgehead atoms. The van der Waals surface area contributed by atoms with Crippen LogP contribution in [0.5, 0.6) is 11.5 Å². The zero-order valence-electron chi connectivity index (χ0n) is 48.5. The molecule has 4 aromatic carbocycles. The van der Waals surface area contributed by atoms with Crippen LogP contribution in [0.3, 0.4) is 0 Å². The van der Waals surface area contributed by atoms with Gasteiger partial charge in [-0.05, 0) is 89.0 Å². The van der Waals surface area contributed by atoms with Gasteiger partial charge in [-0.15, -0.1) is 0 Å². The number of anilines is 2. The number of aromatic nitrogens is 6. The molecule has 0 spiro atoms. The Hall–Kier alpha value is -9.10. The molecule has 22 nitrogen and oxygen atoms in total. The Morgan fingerprint density at radius 3 is 1.29 bits per heavy atom. The van der Waals surface area contributed by atoms with Gasteiger partial charge in [0.05, 0.1) is 12.1 Å². The van der Waals surface area contributed by atoms with Crippen LogP contribution in [0.4, 0.5) is 10.0 Å². The van der Waals surface area contributed by atoms with Crippen molar-refractivity contribution in [3.63, 3.8) is 0 Å². The topological polar surface area (TPSA) is 261 Å². The number of imidazole rings is 2. The van der Waals surface area contributed by atoms with Crippen molar-refractivity contribution in [1.29, 1.82) is 0 Å². The van der Waals surface area contributed by atoms with Crippen LogP contribution >= 0.6 is 22.7 Å². The van der Waals surface area contributed by atoms with Crippen molar-refractivity contribution in [2.24, 2.45) is 14.1 Å². The van der Waals surface area contributed by atoms with Crippen molar-refractivity contribution in [3.05, 3.63) is 145 Å². The highest BCUT2D eigenvalue weighted by Gasteiger charge is 2.41. The monoisotopic (exact) mass is 1200 g/mol. The van der Waals surface area contributed by atoms with E-state index < -0.39 is 59.9 Å². The molecular formula is C62H68N14O8S2. The third-order valence-corrected chi connectivity index (χ3v) is 17.2. The third kappa shape index (κ3) is 13.5. The number of carbonyl (C=O) groups excluding carboxylic acids is 6. The first-order valence-electron chi connectivity index (χ1n) is 28.4. The summed E-state index contributed by atoms with van der Waals surface area (Å²) in [6, 6.07) is 27.7. The van der Waals surface area contributed by atoms with Gasteiger partial charge in [-0.3, -0.25) is 28.8 Å². The quantitative estimate of drug-likeness (QED) is 0.0353. The molecule has 8 aromatic rings. The molecule has 6 atom stereocenters. The van der Waals surface area contributed by atoms with E-state index in [9.17, 15) is 28.8 Å². The first-order valence-corrected chi connectivity index (χ1v) is 30.0. The first-order chi connectivity index (χ1) is 41.7. The van der Waals surface area contributed by atoms with Gasteiger partial charge in [0, 0.05) is 63.1 Å². The van der Waals surface area contributed by atoms with Gasteiger partial charge >= 0.3 is 0 Å². The summed E-state index contributed by atoms with van der Waals surface area (Å²) in [7, 11) is 7.06. The zero-order valence-corrected chi connectivity index (χ0v) is 50.1. The van der Waals surface area contributed by atoms with E-state index in [4.69, 9.17) is 19.4 Å². The van der Waals surface area contributed by atoms with E-state index >= 15 is 0 Å². The van der Waals surface area contributed by atoms with Crippen LogP contribution < -0.4 is 41.4 Å². The second kappa shape index (κ2) is 27.3. The Kier molecular flexibility index (Phi) is 19.1. The Labute approximate surface area is 505 Å². The first kappa shape index (κ1) is 60.0. The van der Waals surface area contributed by atoms with Crippen molar-refractivity contribution < 1.29 is 38.2 Å². The molecule has 0 unspecified atom stereocenters. The molecular weight excluding hydrogens is 1130 g/mol. The highest BCUT2D eigenvalue weighted by atomic mass is 32.1. The third-order valence-electron chi connectivity index (χ3n) is 15.3. The fourth-order valence-electron chi connectivity index (χ4n) is 10.3. The fraction of sp³-hybridized carbons (Fsp3) is 0.323. The predicted molar refractivity (Wildman–Crippen MR) is 329 cm³/mol. The molecule has 10 rings (SSSR count). The lowest BCUT2D eigenvalue weighted by Crippen LogP contribution is -2.51. The number of nitrogens with one attached hydrogen (secondary N) is 6. The number of aryl methyl sites for hydroxylation is 2. The molecule has 86 heavy (non-hydrogen) atoms. The van der Waals surface area contributed by atoms with E-state index in [0.717, 1.165) is 11.1 Å². The minimum Gasteiger partial charge on any atom is -0.490 e. The number of amides is 6. The lowest BCUT2D eigenvalue weighted by molar-refractivity contribution is -0.140. The maximum Gasteiger partial charge on any atom is 0.250 e. The summed E-state index contributed by atoms with van der Waals surface area (Å²) in [5.74, 6) is -0.104. The second-order valence-electron chi connectivity index (χ2n) is 20.9. The number of carbonyl (C=O) groups is 6. The molecule has 2 saturated heterocycles. The maximum absolute atomic E-state index is 14.7. The highest BCUT2D eigenvalue weighted by molar-refractivity contribution is 7.20. The van der Waals surface area contributed by atoms with Crippen LogP contribution in [0.25, 0.3) is 44.2 Å². The summed E-state index contributed by atoms with van der Waals surface area (Å²) >= 11 is 2.61. The average molecular weight is 1200 g/mol. The van der Waals surface area contributed by atoms with Crippen LogP contribution in [0.1, 0.15) is 62.7 Å². The number of rotatable bonds is 23. The summed E-state index contributed by atoms with van der Waals surface area (Å²) in [6.45, 7) is 4.28. The summed E-state index contributed by atoms with van der Waals surface area (Å²) in [5, 5.41) is 20.2. The van der Waals surface area contributed by atoms with Gasteiger partial charge in [0.1, 0.15) is 70.3 Å². The zero-order chi connectivity index (χ0) is 60.4. The van der Waals surface area contributed by atoms with Crippen molar-refractivity contribution in [1.82, 2.24) is 60.1 Å². The second-order valence-corrected chi connectivity index (χ2v) is 22.9. The molecule has 6 amide bonds. The number of likely N-dealkylation sites (N-methyl/N-ethyl adjacent to an activating group) is 2. The molecule has 4 aromatic heterocycles. The van der Waals surface area contributed by atoms with Gasteiger partial charge in [-0.1, -0.05) is 108 Å². The van der Waals surface area contributed by atoms with Gasteiger partial charge in [-0.2, -0.15) is 0 Å². The number of hydrogen-bond donors (Lipinski definition) is 6. The summed E-state index contributed by atoms with van der Waals surface area (Å²) in [4.78, 5) is 107. The van der Waals surface area contributed by atoms with Crippen molar-refractivity contribution >= 4 is 68.1 Å². The molecule has 6 N–H and O–H groups in total. The van der Waals surface area contributed by atoms with Crippen molar-refractivity contribution in [2.75, 3.05) is 51.0 Å². The molecule has 24 heteroatoms. The number of thiazole rings is 2. The van der Waals surface area contributed by atoms with Gasteiger partial charge in [-0.25, -0.2) is 19.9 Å². The Morgan fingerprint density at radius 2 is 0.942 bits per heavy atom. The van der Waals surface area contributed by atoms with Crippen LogP contribution in [-0.2, 0) is 42.9 Å². The molecule has 2 aliphatic rings. The average Bonchev–Trinajstić information content (AvgIpc) is 2.77. The minimum absolute atomic E-state index is 0.134. The molecule has 446 valence electrons. The van der Waals surface area contributed by atoms with Gasteiger partial charge < -0.3 is 60.3 Å². The molecule has 6 heterocycles. The van der Waals surface area contributed by atoms with Gasteiger partial charge in [0.2, 0.25) is 35.4 Å². The molecule has 0 aliphatic carbocycles. The van der Waals surface area contributed by atoms with Crippen LogP contribution in [0, 0.1) is 0 Å². The van der Waals surface area contributed by atoms with Crippen LogP contribution in [0.2, 0.25) is 0 Å². The number of benzene rings is 4. The fourth-order valence-corrected chi connectivity index (χ4v) is 12.3. The number of hydrogen-bond acceptors (Lipinski definition) is 16. The smallest absolute Gasteiger partial charge is 0.250 e. The van der Waals surface area contributed by atoms with E-state index in [2.05, 4.69) is 41.9 Å². The predicted octanol–water partition coefficient (Wildman–Crippen LogP) is 6.98. The van der Waals surface area contributed by atoms with E-state index in [-0.39, 0.29) is 25.0 Å². The van der Waals surface area contributed by atoms with E-state index in [1.807, 2.05) is 96.3 Å². The van der Waals surface area contributed by atoms with E-state index in [0.29, 0.717) is 104 Å². The number of ether oxygens (including phenoxy) is 2. The molecule has 0 radical (unpaired) electrons. The van der Waals surface area contributed by atoms with Gasteiger partial charge in [0.15, 0.2) is 21.7 Å². The largest absolute Gasteiger partial charge is 0.490 e. The van der Waals surface area contributed by atoms with Crippen molar-refractivity contribution in [2.45, 2.75) is 75.8 Å².